The molecule has 0 aromatic carbocycles. The lowest BCUT2D eigenvalue weighted by Gasteiger charge is -2.18. The van der Waals surface area contributed by atoms with Gasteiger partial charge in [-0.3, -0.25) is 14.4 Å². The second-order valence-corrected chi connectivity index (χ2v) is 22.3. The zero-order valence-electron chi connectivity index (χ0n) is 53.0. The van der Waals surface area contributed by atoms with E-state index >= 15 is 0 Å². The number of allylic oxidation sites excluding steroid dienone is 20. The molecule has 0 saturated carbocycles. The summed E-state index contributed by atoms with van der Waals surface area (Å²) < 4.78 is 17.0. The monoisotopic (exact) mass is 1120 g/mol. The Bertz CT molecular complexity index is 1670. The first-order valence-corrected chi connectivity index (χ1v) is 34.0. The van der Waals surface area contributed by atoms with Crippen LogP contribution in [0.2, 0.25) is 0 Å². The van der Waals surface area contributed by atoms with Gasteiger partial charge in [0.05, 0.1) is 0 Å². The fourth-order valence-electron chi connectivity index (χ4n) is 9.40. The summed E-state index contributed by atoms with van der Waals surface area (Å²) in [6.45, 7) is 6.41. The van der Waals surface area contributed by atoms with Crippen LogP contribution in [0.4, 0.5) is 0 Å². The van der Waals surface area contributed by atoms with Crippen LogP contribution >= 0.6 is 0 Å². The van der Waals surface area contributed by atoms with E-state index in [4.69, 9.17) is 14.2 Å². The van der Waals surface area contributed by atoms with Crippen molar-refractivity contribution in [3.05, 3.63) is 122 Å². The van der Waals surface area contributed by atoms with E-state index in [0.29, 0.717) is 19.3 Å². The number of rotatable bonds is 61. The summed E-state index contributed by atoms with van der Waals surface area (Å²) in [5.74, 6) is -0.911. The van der Waals surface area contributed by atoms with Crippen molar-refractivity contribution in [2.45, 2.75) is 322 Å². The molecular weight excluding hydrogens is 997 g/mol. The Hall–Kier alpha value is -4.19. The molecule has 81 heavy (non-hydrogen) atoms. The summed E-state index contributed by atoms with van der Waals surface area (Å²) in [5.41, 5.74) is 0. The molecule has 0 fully saturated rings. The Morgan fingerprint density at radius 2 is 0.481 bits per heavy atom. The summed E-state index contributed by atoms with van der Waals surface area (Å²) >= 11 is 0. The lowest BCUT2D eigenvalue weighted by molar-refractivity contribution is -0.167. The summed E-state index contributed by atoms with van der Waals surface area (Å²) in [7, 11) is 0. The van der Waals surface area contributed by atoms with Gasteiger partial charge in [0.15, 0.2) is 6.10 Å². The first-order valence-electron chi connectivity index (χ1n) is 34.0. The Balaban J connectivity index is 4.40. The first kappa shape index (κ1) is 76.8. The topological polar surface area (TPSA) is 78.9 Å². The van der Waals surface area contributed by atoms with Gasteiger partial charge in [-0.1, -0.05) is 290 Å². The molecule has 0 heterocycles. The molecule has 0 aromatic rings. The molecule has 0 spiro atoms. The molecule has 0 saturated heterocycles. The number of hydrogen-bond acceptors (Lipinski definition) is 6. The average molecular weight is 1120 g/mol. The van der Waals surface area contributed by atoms with Gasteiger partial charge in [-0.25, -0.2) is 0 Å². The predicted molar refractivity (Wildman–Crippen MR) is 353 cm³/mol. The van der Waals surface area contributed by atoms with Gasteiger partial charge in [-0.05, 0) is 128 Å². The maximum Gasteiger partial charge on any atom is 0.306 e. The molecule has 0 aliphatic heterocycles. The maximum absolute atomic E-state index is 13.0. The van der Waals surface area contributed by atoms with Gasteiger partial charge in [0.1, 0.15) is 13.2 Å². The molecule has 0 bridgehead atoms. The molecule has 0 N–H and O–H groups in total. The van der Waals surface area contributed by atoms with Crippen LogP contribution < -0.4 is 0 Å². The predicted octanol–water partition coefficient (Wildman–Crippen LogP) is 23.6. The normalized spacial score (nSPS) is 12.9. The van der Waals surface area contributed by atoms with Gasteiger partial charge in [-0.2, -0.15) is 0 Å². The molecule has 1 atom stereocenters. The molecule has 0 radical (unpaired) electrons. The highest BCUT2D eigenvalue weighted by atomic mass is 16.6. The van der Waals surface area contributed by atoms with Crippen molar-refractivity contribution in [1.82, 2.24) is 0 Å². The van der Waals surface area contributed by atoms with Crippen LogP contribution in [0, 0.1) is 0 Å². The molecule has 1 unspecified atom stereocenters. The Kier molecular flexibility index (Phi) is 64.8. The van der Waals surface area contributed by atoms with E-state index in [-0.39, 0.29) is 31.1 Å². The van der Waals surface area contributed by atoms with Gasteiger partial charge in [-0.15, -0.1) is 0 Å². The number of esters is 3. The molecule has 6 nitrogen and oxygen atoms in total. The van der Waals surface area contributed by atoms with Crippen LogP contribution in [0.15, 0.2) is 122 Å². The van der Waals surface area contributed by atoms with Crippen molar-refractivity contribution >= 4 is 17.9 Å². The quantitative estimate of drug-likeness (QED) is 0.0261. The van der Waals surface area contributed by atoms with Gasteiger partial charge >= 0.3 is 17.9 Å². The van der Waals surface area contributed by atoms with Crippen LogP contribution in [-0.4, -0.2) is 37.2 Å². The molecule has 0 rings (SSSR count). The van der Waals surface area contributed by atoms with Gasteiger partial charge in [0.2, 0.25) is 0 Å². The maximum atomic E-state index is 13.0. The van der Waals surface area contributed by atoms with Crippen LogP contribution in [0.3, 0.4) is 0 Å². The van der Waals surface area contributed by atoms with Gasteiger partial charge in [0.25, 0.3) is 0 Å². The first-order chi connectivity index (χ1) is 40.0. The third-order valence-electron chi connectivity index (χ3n) is 14.4. The van der Waals surface area contributed by atoms with Crippen LogP contribution in [0.5, 0.6) is 0 Å². The SMILES string of the molecule is CC/C=C\C/C=C\C/C=C\C/C=C\CCCCCCCCCCCCCCC(=O)OCC(COC(=O)CCCCCC/C=C\C/C=C\C/C=C\C/C=C\CC)OC(=O)CCCCCCCCCCC/C=C\C/C=C\CCCCCCC. The molecular formula is C75H126O6. The third-order valence-corrected chi connectivity index (χ3v) is 14.4. The smallest absolute Gasteiger partial charge is 0.306 e. The van der Waals surface area contributed by atoms with E-state index in [0.717, 1.165) is 128 Å². The van der Waals surface area contributed by atoms with Crippen molar-refractivity contribution in [3.63, 3.8) is 0 Å². The fourth-order valence-corrected chi connectivity index (χ4v) is 9.40. The summed E-state index contributed by atoms with van der Waals surface area (Å²) in [4.78, 5) is 38.4. The minimum absolute atomic E-state index is 0.0899. The van der Waals surface area contributed by atoms with Crippen molar-refractivity contribution < 1.29 is 28.6 Å². The highest BCUT2D eigenvalue weighted by Gasteiger charge is 2.19. The lowest BCUT2D eigenvalue weighted by Crippen LogP contribution is -2.30. The molecule has 0 aliphatic rings. The largest absolute Gasteiger partial charge is 0.462 e. The fraction of sp³-hybridized carbons (Fsp3) is 0.693. The molecule has 0 amide bonds. The van der Waals surface area contributed by atoms with E-state index in [2.05, 4.69) is 142 Å². The highest BCUT2D eigenvalue weighted by Crippen LogP contribution is 2.16. The third kappa shape index (κ3) is 66.5. The Labute approximate surface area is 501 Å². The number of unbranched alkanes of at least 4 members (excludes halogenated alkanes) is 30. The minimum atomic E-state index is -0.796. The van der Waals surface area contributed by atoms with Gasteiger partial charge in [0, 0.05) is 19.3 Å². The summed E-state index contributed by atoms with van der Waals surface area (Å²) in [6.07, 6.45) is 94.9. The number of ether oxygens (including phenoxy) is 3. The van der Waals surface area contributed by atoms with Crippen molar-refractivity contribution in [1.29, 1.82) is 0 Å². The Morgan fingerprint density at radius 1 is 0.259 bits per heavy atom. The van der Waals surface area contributed by atoms with Crippen molar-refractivity contribution in [2.75, 3.05) is 13.2 Å². The number of carbonyl (C=O) groups is 3. The van der Waals surface area contributed by atoms with Crippen LogP contribution in [-0.2, 0) is 28.6 Å². The van der Waals surface area contributed by atoms with Crippen LogP contribution in [0.25, 0.3) is 0 Å². The second kappa shape index (κ2) is 68.3. The number of hydrogen-bond donors (Lipinski definition) is 0. The van der Waals surface area contributed by atoms with Crippen molar-refractivity contribution in [3.8, 4) is 0 Å². The molecule has 0 aliphatic carbocycles. The van der Waals surface area contributed by atoms with E-state index in [1.165, 1.54) is 148 Å². The Morgan fingerprint density at radius 3 is 0.753 bits per heavy atom. The van der Waals surface area contributed by atoms with E-state index < -0.39 is 6.10 Å². The summed E-state index contributed by atoms with van der Waals surface area (Å²) in [6, 6.07) is 0. The second-order valence-electron chi connectivity index (χ2n) is 22.3. The molecule has 6 heteroatoms. The molecule has 462 valence electrons. The van der Waals surface area contributed by atoms with E-state index in [1.54, 1.807) is 0 Å². The van der Waals surface area contributed by atoms with Crippen molar-refractivity contribution in [2.24, 2.45) is 0 Å². The zero-order valence-corrected chi connectivity index (χ0v) is 53.0. The van der Waals surface area contributed by atoms with E-state index in [1.807, 2.05) is 0 Å². The summed E-state index contributed by atoms with van der Waals surface area (Å²) in [5, 5.41) is 0. The van der Waals surface area contributed by atoms with Gasteiger partial charge < -0.3 is 14.2 Å². The van der Waals surface area contributed by atoms with E-state index in [9.17, 15) is 14.4 Å². The minimum Gasteiger partial charge on any atom is -0.462 e. The highest BCUT2D eigenvalue weighted by molar-refractivity contribution is 5.71. The average Bonchev–Trinajstić information content (AvgIpc) is 3.47. The van der Waals surface area contributed by atoms with Crippen LogP contribution in [0.1, 0.15) is 316 Å². The lowest BCUT2D eigenvalue weighted by atomic mass is 10.0. The standard InChI is InChI=1S/C75H126O6/c1-4-7-10-13-16-19-22-25-28-31-33-35-36-37-38-40-41-44-47-50-53-56-59-62-65-68-74(77)80-71-72(70-79-73(76)67-64-61-58-55-52-49-46-43-30-27-24-21-18-15-12-9-6-3)81-75(78)69-66-63-60-57-54-51-48-45-42-39-34-32-29-26-23-20-17-14-11-8-5-2/h7,9-10,12,16,18-19,21,23,25-28,30,32-35,46,49,72H,4-6,8,11,13-15,17,20,22,24,29,31,36-45,47-48,50-71H2,1-3H3/b10-7-,12-9-,19-16-,21-18-,26-23-,28-25-,30-27-,34-32-,35-33-,49-46-. The molecule has 0 aromatic heterocycles. The zero-order chi connectivity index (χ0) is 58.5. The number of carbonyl (C=O) groups excluding carboxylic acids is 3.